The number of aromatic hydroxyl groups is 1. The van der Waals surface area contributed by atoms with Crippen molar-refractivity contribution in [3.8, 4) is 11.5 Å². The van der Waals surface area contributed by atoms with Crippen LogP contribution in [-0.4, -0.2) is 33.3 Å². The number of carbonyl (C=O) groups is 1. The van der Waals surface area contributed by atoms with Crippen molar-refractivity contribution in [2.24, 2.45) is 0 Å². The molecule has 0 atom stereocenters. The standard InChI is InChI=1S/C13H16N4O3/c1-3-4-11-15-12(17-16-11)13(19)14-8-5-6-10(20-2)9(18)7-8/h5-7,18H,3-4H2,1-2H3,(H,14,19)(H,15,16,17). The third kappa shape index (κ3) is 3.05. The number of aromatic amines is 1. The first kappa shape index (κ1) is 13.9. The SMILES string of the molecule is CCCc1nc(C(=O)Nc2ccc(OC)c(O)c2)n[nH]1. The molecule has 7 nitrogen and oxygen atoms in total. The van der Waals surface area contributed by atoms with Crippen LogP contribution >= 0.6 is 0 Å². The molecule has 3 N–H and O–H groups in total. The van der Waals surface area contributed by atoms with Crippen LogP contribution in [0, 0.1) is 0 Å². The van der Waals surface area contributed by atoms with E-state index in [2.05, 4.69) is 20.5 Å². The second-order valence-corrected chi connectivity index (χ2v) is 4.20. The zero-order valence-corrected chi connectivity index (χ0v) is 11.3. The van der Waals surface area contributed by atoms with Crippen LogP contribution < -0.4 is 10.1 Å². The molecule has 0 aliphatic heterocycles. The van der Waals surface area contributed by atoms with Gasteiger partial charge in [0.25, 0.3) is 5.91 Å². The fraction of sp³-hybridized carbons (Fsp3) is 0.308. The summed E-state index contributed by atoms with van der Waals surface area (Å²) in [4.78, 5) is 16.0. The summed E-state index contributed by atoms with van der Waals surface area (Å²) in [6, 6.07) is 4.58. The predicted octanol–water partition coefficient (Wildman–Crippen LogP) is 1.72. The fourth-order valence-electron chi connectivity index (χ4n) is 1.70. The number of aromatic nitrogens is 3. The first-order valence-electron chi connectivity index (χ1n) is 6.23. The summed E-state index contributed by atoms with van der Waals surface area (Å²) >= 11 is 0. The molecule has 1 amide bonds. The summed E-state index contributed by atoms with van der Waals surface area (Å²) in [5.41, 5.74) is 0.440. The molecule has 1 aromatic heterocycles. The van der Waals surface area contributed by atoms with Crippen LogP contribution in [0.3, 0.4) is 0 Å². The number of H-pyrrole nitrogens is 1. The lowest BCUT2D eigenvalue weighted by atomic mass is 10.2. The summed E-state index contributed by atoms with van der Waals surface area (Å²) in [7, 11) is 1.45. The molecule has 7 heteroatoms. The largest absolute Gasteiger partial charge is 0.504 e. The normalized spacial score (nSPS) is 10.3. The number of carbonyl (C=O) groups excluding carboxylic acids is 1. The van der Waals surface area contributed by atoms with Gasteiger partial charge in [-0.1, -0.05) is 6.92 Å². The van der Waals surface area contributed by atoms with Gasteiger partial charge in [-0.05, 0) is 18.6 Å². The van der Waals surface area contributed by atoms with E-state index in [1.807, 2.05) is 6.92 Å². The first-order chi connectivity index (χ1) is 9.63. The van der Waals surface area contributed by atoms with Crippen LogP contribution in [0.5, 0.6) is 11.5 Å². The summed E-state index contributed by atoms with van der Waals surface area (Å²) in [6.07, 6.45) is 1.66. The van der Waals surface area contributed by atoms with Gasteiger partial charge in [0.15, 0.2) is 11.5 Å². The second kappa shape index (κ2) is 6.05. The summed E-state index contributed by atoms with van der Waals surface area (Å²) < 4.78 is 4.93. The van der Waals surface area contributed by atoms with Crippen LogP contribution in [0.2, 0.25) is 0 Å². The van der Waals surface area contributed by atoms with E-state index >= 15 is 0 Å². The van der Waals surface area contributed by atoms with E-state index in [4.69, 9.17) is 4.74 Å². The van der Waals surface area contributed by atoms with Gasteiger partial charge in [0.2, 0.25) is 5.82 Å². The van der Waals surface area contributed by atoms with Crippen LogP contribution in [0.25, 0.3) is 0 Å². The van der Waals surface area contributed by atoms with E-state index in [0.717, 1.165) is 12.8 Å². The quantitative estimate of drug-likeness (QED) is 0.772. The highest BCUT2D eigenvalue weighted by Crippen LogP contribution is 2.28. The molecule has 0 aliphatic rings. The Labute approximate surface area is 116 Å². The van der Waals surface area contributed by atoms with E-state index in [1.165, 1.54) is 13.2 Å². The molecule has 0 bridgehead atoms. The monoisotopic (exact) mass is 276 g/mol. The van der Waals surface area contributed by atoms with E-state index in [-0.39, 0.29) is 11.6 Å². The van der Waals surface area contributed by atoms with Crippen LogP contribution in [0.4, 0.5) is 5.69 Å². The maximum atomic E-state index is 11.9. The summed E-state index contributed by atoms with van der Waals surface area (Å²) in [5, 5.41) is 18.8. The number of hydrogen-bond donors (Lipinski definition) is 3. The van der Waals surface area contributed by atoms with Gasteiger partial charge in [-0.25, -0.2) is 4.98 Å². The number of methoxy groups -OCH3 is 1. The number of rotatable bonds is 5. The number of aryl methyl sites for hydroxylation is 1. The molecular weight excluding hydrogens is 260 g/mol. The number of anilines is 1. The average molecular weight is 276 g/mol. The zero-order valence-electron chi connectivity index (χ0n) is 11.3. The van der Waals surface area contributed by atoms with E-state index in [9.17, 15) is 9.90 Å². The molecule has 1 aromatic carbocycles. The minimum atomic E-state index is -0.437. The van der Waals surface area contributed by atoms with Crippen molar-refractivity contribution in [2.75, 3.05) is 12.4 Å². The maximum absolute atomic E-state index is 11.9. The molecule has 1 heterocycles. The van der Waals surface area contributed by atoms with E-state index < -0.39 is 5.91 Å². The molecule has 0 radical (unpaired) electrons. The predicted molar refractivity (Wildman–Crippen MR) is 73.0 cm³/mol. The van der Waals surface area contributed by atoms with Gasteiger partial charge in [-0.3, -0.25) is 9.89 Å². The summed E-state index contributed by atoms with van der Waals surface area (Å²) in [6.45, 7) is 2.02. The lowest BCUT2D eigenvalue weighted by Crippen LogP contribution is -2.13. The molecule has 0 unspecified atom stereocenters. The van der Waals surface area contributed by atoms with Gasteiger partial charge in [-0.2, -0.15) is 0 Å². The topological polar surface area (TPSA) is 100 Å². The highest BCUT2D eigenvalue weighted by Gasteiger charge is 2.13. The molecule has 0 fully saturated rings. The van der Waals surface area contributed by atoms with Gasteiger partial charge in [-0.15, -0.1) is 5.10 Å². The number of amides is 1. The van der Waals surface area contributed by atoms with Crippen LogP contribution in [-0.2, 0) is 6.42 Å². The Morgan fingerprint density at radius 2 is 2.30 bits per heavy atom. The Kier molecular flexibility index (Phi) is 4.19. The number of benzene rings is 1. The minimum Gasteiger partial charge on any atom is -0.504 e. The average Bonchev–Trinajstić information content (AvgIpc) is 2.88. The molecule has 20 heavy (non-hydrogen) atoms. The fourth-order valence-corrected chi connectivity index (χ4v) is 1.70. The minimum absolute atomic E-state index is 0.0491. The Hall–Kier alpha value is -2.57. The van der Waals surface area contributed by atoms with Crippen LogP contribution in [0.1, 0.15) is 29.8 Å². The lowest BCUT2D eigenvalue weighted by molar-refractivity contribution is 0.101. The van der Waals surface area contributed by atoms with Crippen molar-refractivity contribution >= 4 is 11.6 Å². The third-order valence-electron chi connectivity index (χ3n) is 2.66. The number of hydrogen-bond acceptors (Lipinski definition) is 5. The zero-order chi connectivity index (χ0) is 14.5. The number of ether oxygens (including phenoxy) is 1. The third-order valence-corrected chi connectivity index (χ3v) is 2.66. The maximum Gasteiger partial charge on any atom is 0.295 e. The molecular formula is C13H16N4O3. The highest BCUT2D eigenvalue weighted by molar-refractivity contribution is 6.01. The first-order valence-corrected chi connectivity index (χ1v) is 6.23. The molecule has 2 aromatic rings. The molecule has 0 saturated heterocycles. The number of phenols is 1. The van der Waals surface area contributed by atoms with Gasteiger partial charge >= 0.3 is 0 Å². The van der Waals surface area contributed by atoms with Crippen molar-refractivity contribution < 1.29 is 14.6 Å². The van der Waals surface area contributed by atoms with Gasteiger partial charge < -0.3 is 15.2 Å². The van der Waals surface area contributed by atoms with Crippen molar-refractivity contribution in [3.63, 3.8) is 0 Å². The Morgan fingerprint density at radius 1 is 1.50 bits per heavy atom. The van der Waals surface area contributed by atoms with Gasteiger partial charge in [0, 0.05) is 18.2 Å². The highest BCUT2D eigenvalue weighted by atomic mass is 16.5. The van der Waals surface area contributed by atoms with Gasteiger partial charge in [0.1, 0.15) is 5.82 Å². The molecule has 0 saturated carbocycles. The molecule has 2 rings (SSSR count). The van der Waals surface area contributed by atoms with Gasteiger partial charge in [0.05, 0.1) is 7.11 Å². The Bertz CT molecular complexity index is 609. The lowest BCUT2D eigenvalue weighted by Gasteiger charge is -2.06. The second-order valence-electron chi connectivity index (χ2n) is 4.20. The Morgan fingerprint density at radius 3 is 2.95 bits per heavy atom. The number of nitrogens with zero attached hydrogens (tertiary/aromatic N) is 2. The molecule has 0 aliphatic carbocycles. The number of phenolic OH excluding ortho intramolecular Hbond substituents is 1. The number of nitrogens with one attached hydrogen (secondary N) is 2. The van der Waals surface area contributed by atoms with Crippen LogP contribution in [0.15, 0.2) is 18.2 Å². The van der Waals surface area contributed by atoms with E-state index in [0.29, 0.717) is 17.3 Å². The van der Waals surface area contributed by atoms with Crippen molar-refractivity contribution in [2.45, 2.75) is 19.8 Å². The summed E-state index contributed by atoms with van der Waals surface area (Å²) in [5.74, 6) is 0.602. The smallest absolute Gasteiger partial charge is 0.295 e. The molecule has 0 spiro atoms. The molecule has 106 valence electrons. The van der Waals surface area contributed by atoms with E-state index in [1.54, 1.807) is 12.1 Å². The Balaban J connectivity index is 2.08. The van der Waals surface area contributed by atoms with Crippen molar-refractivity contribution in [1.29, 1.82) is 0 Å². The van der Waals surface area contributed by atoms with Crippen molar-refractivity contribution in [1.82, 2.24) is 15.2 Å². The van der Waals surface area contributed by atoms with Crippen molar-refractivity contribution in [3.05, 3.63) is 29.8 Å².